The molecule has 0 aromatic carbocycles. The molecular formula is C11H20O. The predicted molar refractivity (Wildman–Crippen MR) is 53.1 cm³/mol. The Morgan fingerprint density at radius 3 is 2.08 bits per heavy atom. The molecule has 0 atom stereocenters. The maximum absolute atomic E-state index is 11.4. The van der Waals surface area contributed by atoms with Gasteiger partial charge in [-0.1, -0.05) is 32.4 Å². The minimum Gasteiger partial charge on any atom is -0.299 e. The van der Waals surface area contributed by atoms with E-state index in [0.717, 1.165) is 6.42 Å². The van der Waals surface area contributed by atoms with Crippen molar-refractivity contribution < 1.29 is 4.79 Å². The van der Waals surface area contributed by atoms with E-state index in [-0.39, 0.29) is 5.41 Å². The Labute approximate surface area is 75.9 Å². The molecule has 12 heavy (non-hydrogen) atoms. The Morgan fingerprint density at radius 1 is 1.25 bits per heavy atom. The molecule has 0 spiro atoms. The number of carbonyl (C=O) groups is 1. The van der Waals surface area contributed by atoms with Crippen LogP contribution in [0.25, 0.3) is 0 Å². The second-order valence-corrected chi connectivity index (χ2v) is 4.49. The Morgan fingerprint density at radius 2 is 1.75 bits per heavy atom. The van der Waals surface area contributed by atoms with Crippen molar-refractivity contribution in [3.05, 3.63) is 11.6 Å². The van der Waals surface area contributed by atoms with Crippen LogP contribution in [0.1, 0.15) is 47.5 Å². The summed E-state index contributed by atoms with van der Waals surface area (Å²) in [6.45, 7) is 10.0. The highest BCUT2D eigenvalue weighted by Crippen LogP contribution is 2.17. The molecule has 0 aromatic rings. The third-order valence-corrected chi connectivity index (χ3v) is 1.76. The van der Waals surface area contributed by atoms with E-state index in [0.29, 0.717) is 12.2 Å². The van der Waals surface area contributed by atoms with E-state index in [1.54, 1.807) is 0 Å². The molecule has 0 radical (unpaired) electrons. The van der Waals surface area contributed by atoms with Crippen LogP contribution in [0.2, 0.25) is 0 Å². The second kappa shape index (κ2) is 4.44. The van der Waals surface area contributed by atoms with Crippen molar-refractivity contribution in [2.24, 2.45) is 5.41 Å². The summed E-state index contributed by atoms with van der Waals surface area (Å²) in [4.78, 5) is 11.4. The van der Waals surface area contributed by atoms with Crippen molar-refractivity contribution in [1.82, 2.24) is 0 Å². The van der Waals surface area contributed by atoms with E-state index < -0.39 is 0 Å². The van der Waals surface area contributed by atoms with Crippen molar-refractivity contribution in [3.8, 4) is 0 Å². The van der Waals surface area contributed by atoms with Gasteiger partial charge >= 0.3 is 0 Å². The number of carbonyl (C=O) groups excluding carboxylic acids is 1. The van der Waals surface area contributed by atoms with Crippen molar-refractivity contribution in [3.63, 3.8) is 0 Å². The highest BCUT2D eigenvalue weighted by Gasteiger charge is 2.19. The Bertz CT molecular complexity index is 178. The van der Waals surface area contributed by atoms with E-state index in [1.807, 2.05) is 20.8 Å². The Kier molecular flexibility index (Phi) is 4.22. The summed E-state index contributed by atoms with van der Waals surface area (Å²) >= 11 is 0. The van der Waals surface area contributed by atoms with Gasteiger partial charge in [-0.15, -0.1) is 0 Å². The average molecular weight is 168 g/mol. The summed E-state index contributed by atoms with van der Waals surface area (Å²) in [5.74, 6) is 0.347. The van der Waals surface area contributed by atoms with Crippen molar-refractivity contribution in [2.45, 2.75) is 47.5 Å². The largest absolute Gasteiger partial charge is 0.299 e. The summed E-state index contributed by atoms with van der Waals surface area (Å²) in [5, 5.41) is 0. The first-order valence-electron chi connectivity index (χ1n) is 4.50. The van der Waals surface area contributed by atoms with Crippen LogP contribution in [-0.4, -0.2) is 5.78 Å². The minimum atomic E-state index is -0.171. The SMILES string of the molecule is CC(C)=CCCC(=O)C(C)(C)C. The first-order chi connectivity index (χ1) is 5.34. The maximum atomic E-state index is 11.4. The van der Waals surface area contributed by atoms with E-state index in [2.05, 4.69) is 19.9 Å². The number of hydrogen-bond donors (Lipinski definition) is 0. The maximum Gasteiger partial charge on any atom is 0.138 e. The lowest BCUT2D eigenvalue weighted by Gasteiger charge is -2.15. The monoisotopic (exact) mass is 168 g/mol. The minimum absolute atomic E-state index is 0.171. The molecule has 1 nitrogen and oxygen atoms in total. The van der Waals surface area contributed by atoms with Crippen LogP contribution < -0.4 is 0 Å². The normalized spacial score (nSPS) is 11.1. The van der Waals surface area contributed by atoms with E-state index in [1.165, 1.54) is 5.57 Å². The quantitative estimate of drug-likeness (QED) is 0.591. The van der Waals surface area contributed by atoms with Crippen LogP contribution >= 0.6 is 0 Å². The van der Waals surface area contributed by atoms with Gasteiger partial charge in [-0.3, -0.25) is 4.79 Å². The molecule has 0 amide bonds. The van der Waals surface area contributed by atoms with Crippen LogP contribution in [0, 0.1) is 5.41 Å². The van der Waals surface area contributed by atoms with Crippen molar-refractivity contribution in [2.75, 3.05) is 0 Å². The van der Waals surface area contributed by atoms with Gasteiger partial charge in [0.1, 0.15) is 5.78 Å². The first-order valence-corrected chi connectivity index (χ1v) is 4.50. The smallest absolute Gasteiger partial charge is 0.138 e. The zero-order valence-electron chi connectivity index (χ0n) is 8.90. The summed E-state index contributed by atoms with van der Waals surface area (Å²) in [6, 6.07) is 0. The number of ketones is 1. The summed E-state index contributed by atoms with van der Waals surface area (Å²) in [7, 11) is 0. The molecule has 0 aliphatic heterocycles. The highest BCUT2D eigenvalue weighted by molar-refractivity contribution is 5.83. The molecule has 0 saturated heterocycles. The lowest BCUT2D eigenvalue weighted by Crippen LogP contribution is -2.19. The zero-order chi connectivity index (χ0) is 9.78. The number of rotatable bonds is 3. The van der Waals surface area contributed by atoms with Crippen molar-refractivity contribution >= 4 is 5.78 Å². The van der Waals surface area contributed by atoms with E-state index >= 15 is 0 Å². The molecule has 0 N–H and O–H groups in total. The van der Waals surface area contributed by atoms with E-state index in [4.69, 9.17) is 0 Å². The molecule has 0 fully saturated rings. The van der Waals surface area contributed by atoms with Gasteiger partial charge < -0.3 is 0 Å². The van der Waals surface area contributed by atoms with Gasteiger partial charge in [-0.25, -0.2) is 0 Å². The van der Waals surface area contributed by atoms with Gasteiger partial charge in [0.15, 0.2) is 0 Å². The fourth-order valence-electron chi connectivity index (χ4n) is 0.867. The Balaban J connectivity index is 3.82. The molecule has 0 bridgehead atoms. The molecule has 1 heteroatoms. The third kappa shape index (κ3) is 5.11. The number of hydrogen-bond acceptors (Lipinski definition) is 1. The van der Waals surface area contributed by atoms with Crippen LogP contribution in [0.5, 0.6) is 0 Å². The summed E-state index contributed by atoms with van der Waals surface area (Å²) in [5.41, 5.74) is 1.12. The van der Waals surface area contributed by atoms with Gasteiger partial charge in [0.2, 0.25) is 0 Å². The summed E-state index contributed by atoms with van der Waals surface area (Å²) in [6.07, 6.45) is 3.68. The van der Waals surface area contributed by atoms with Crippen LogP contribution in [0.3, 0.4) is 0 Å². The standard InChI is InChI=1S/C11H20O/c1-9(2)7-6-8-10(12)11(3,4)5/h7H,6,8H2,1-5H3. The lowest BCUT2D eigenvalue weighted by atomic mass is 9.88. The lowest BCUT2D eigenvalue weighted by molar-refractivity contribution is -0.126. The fourth-order valence-corrected chi connectivity index (χ4v) is 0.867. The molecule has 0 aromatic heterocycles. The van der Waals surface area contributed by atoms with Gasteiger partial charge in [0.05, 0.1) is 0 Å². The van der Waals surface area contributed by atoms with Crippen LogP contribution in [-0.2, 0) is 4.79 Å². The molecule has 70 valence electrons. The topological polar surface area (TPSA) is 17.1 Å². The molecule has 0 rings (SSSR count). The molecular weight excluding hydrogens is 148 g/mol. The first kappa shape index (κ1) is 11.4. The number of Topliss-reactive ketones (excluding diaryl/α,β-unsaturated/α-hetero) is 1. The zero-order valence-corrected chi connectivity index (χ0v) is 8.90. The average Bonchev–Trinajstić information content (AvgIpc) is 1.84. The van der Waals surface area contributed by atoms with Crippen molar-refractivity contribution in [1.29, 1.82) is 0 Å². The van der Waals surface area contributed by atoms with Gasteiger partial charge in [0.25, 0.3) is 0 Å². The molecule has 0 unspecified atom stereocenters. The molecule has 0 saturated carbocycles. The third-order valence-electron chi connectivity index (χ3n) is 1.76. The molecule has 0 aliphatic carbocycles. The second-order valence-electron chi connectivity index (χ2n) is 4.49. The molecule has 0 heterocycles. The molecule has 0 aliphatic rings. The van der Waals surface area contributed by atoms with Gasteiger partial charge in [-0.2, -0.15) is 0 Å². The summed E-state index contributed by atoms with van der Waals surface area (Å²) < 4.78 is 0. The Hall–Kier alpha value is -0.590. The predicted octanol–water partition coefficient (Wildman–Crippen LogP) is 3.35. The number of allylic oxidation sites excluding steroid dienone is 2. The highest BCUT2D eigenvalue weighted by atomic mass is 16.1. The van der Waals surface area contributed by atoms with Gasteiger partial charge in [-0.05, 0) is 20.3 Å². The van der Waals surface area contributed by atoms with Crippen LogP contribution in [0.4, 0.5) is 0 Å². The van der Waals surface area contributed by atoms with Crippen LogP contribution in [0.15, 0.2) is 11.6 Å². The van der Waals surface area contributed by atoms with Gasteiger partial charge in [0, 0.05) is 11.8 Å². The fraction of sp³-hybridized carbons (Fsp3) is 0.727. The van der Waals surface area contributed by atoms with E-state index in [9.17, 15) is 4.79 Å².